The number of fused-ring (bicyclic) bond motifs is 1. The van der Waals surface area contributed by atoms with Crippen molar-refractivity contribution in [3.8, 4) is 5.75 Å². The molecule has 182 valence electrons. The molecule has 3 rings (SSSR count). The summed E-state index contributed by atoms with van der Waals surface area (Å²) in [4.78, 5) is -0.533. The van der Waals surface area contributed by atoms with E-state index in [2.05, 4.69) is 15.9 Å². The zero-order valence-corrected chi connectivity index (χ0v) is 21.6. The van der Waals surface area contributed by atoms with E-state index in [1.807, 2.05) is 0 Å². The van der Waals surface area contributed by atoms with Gasteiger partial charge in [-0.2, -0.15) is 8.61 Å². The quantitative estimate of drug-likeness (QED) is 0.578. The van der Waals surface area contributed by atoms with Gasteiger partial charge in [0.25, 0.3) is 0 Å². The summed E-state index contributed by atoms with van der Waals surface area (Å²) < 4.78 is 75.6. The van der Waals surface area contributed by atoms with Crippen LogP contribution in [0.25, 0.3) is 0 Å². The number of hydrogen-bond acceptors (Lipinski definition) is 6. The smallest absolute Gasteiger partial charge is 0.247 e. The fraction of sp³-hybridized carbons (Fsp3) is 0.429. The van der Waals surface area contributed by atoms with E-state index in [4.69, 9.17) is 4.74 Å². The van der Waals surface area contributed by atoms with Crippen molar-refractivity contribution in [2.75, 3.05) is 26.7 Å². The molecule has 0 fully saturated rings. The summed E-state index contributed by atoms with van der Waals surface area (Å²) >= 11 is 3.31. The van der Waals surface area contributed by atoms with Crippen molar-refractivity contribution in [1.82, 2.24) is 8.61 Å². The summed E-state index contributed by atoms with van der Waals surface area (Å²) in [5.41, 5.74) is 0. The topological polar surface area (TPSA) is 104 Å². The van der Waals surface area contributed by atoms with Crippen molar-refractivity contribution < 1.29 is 31.1 Å². The third-order valence-corrected chi connectivity index (χ3v) is 9.96. The predicted octanol–water partition coefficient (Wildman–Crippen LogP) is 2.68. The largest absolute Gasteiger partial charge is 0.487 e. The van der Waals surface area contributed by atoms with Crippen molar-refractivity contribution in [2.24, 2.45) is 5.92 Å². The maximum absolute atomic E-state index is 14.2. The molecule has 2 aromatic carbocycles. The van der Waals surface area contributed by atoms with Gasteiger partial charge in [0.2, 0.25) is 20.0 Å². The summed E-state index contributed by atoms with van der Waals surface area (Å²) in [7, 11) is -6.82. The van der Waals surface area contributed by atoms with Crippen molar-refractivity contribution in [3.63, 3.8) is 0 Å². The summed E-state index contributed by atoms with van der Waals surface area (Å²) in [5.74, 6) is -1.26. The second-order valence-corrected chi connectivity index (χ2v) is 12.8. The van der Waals surface area contributed by atoms with Gasteiger partial charge in [-0.25, -0.2) is 21.2 Å². The molecule has 3 atom stereocenters. The highest BCUT2D eigenvalue weighted by Crippen LogP contribution is 2.35. The van der Waals surface area contributed by atoms with E-state index < -0.39 is 48.8 Å². The Morgan fingerprint density at radius 1 is 1.30 bits per heavy atom. The van der Waals surface area contributed by atoms with Crippen LogP contribution in [0.1, 0.15) is 13.8 Å². The van der Waals surface area contributed by atoms with E-state index in [1.165, 1.54) is 41.7 Å². The Balaban J connectivity index is 2.02. The lowest BCUT2D eigenvalue weighted by Crippen LogP contribution is -2.50. The van der Waals surface area contributed by atoms with E-state index in [9.17, 15) is 26.3 Å². The van der Waals surface area contributed by atoms with Crippen LogP contribution in [-0.2, 0) is 20.0 Å². The highest BCUT2D eigenvalue weighted by Gasteiger charge is 2.39. The Kier molecular flexibility index (Phi) is 7.86. The molecule has 2 aromatic rings. The number of aliphatic hydroxyl groups excluding tert-OH is 1. The molecule has 0 saturated heterocycles. The lowest BCUT2D eigenvalue weighted by molar-refractivity contribution is 0.0903. The van der Waals surface area contributed by atoms with Gasteiger partial charge in [-0.3, -0.25) is 0 Å². The molecule has 33 heavy (non-hydrogen) atoms. The molecule has 0 amide bonds. The molecule has 1 aliphatic heterocycles. The van der Waals surface area contributed by atoms with E-state index >= 15 is 0 Å². The van der Waals surface area contributed by atoms with Crippen molar-refractivity contribution >= 4 is 36.0 Å². The van der Waals surface area contributed by atoms with Crippen LogP contribution in [-0.4, -0.2) is 69.4 Å². The maximum Gasteiger partial charge on any atom is 0.247 e. The normalized spacial score (nSPS) is 22.2. The van der Waals surface area contributed by atoms with E-state index in [1.54, 1.807) is 19.9 Å². The van der Waals surface area contributed by atoms with Gasteiger partial charge in [0.05, 0.1) is 13.2 Å². The monoisotopic (exact) mass is 564 g/mol. The molecule has 0 bridgehead atoms. The van der Waals surface area contributed by atoms with Gasteiger partial charge in [-0.05, 0) is 37.3 Å². The summed E-state index contributed by atoms with van der Waals surface area (Å²) in [5, 5.41) is 9.66. The fourth-order valence-corrected chi connectivity index (χ4v) is 7.00. The van der Waals surface area contributed by atoms with Gasteiger partial charge >= 0.3 is 0 Å². The number of benzene rings is 2. The Bertz CT molecular complexity index is 1230. The van der Waals surface area contributed by atoms with Gasteiger partial charge in [-0.15, -0.1) is 0 Å². The van der Waals surface area contributed by atoms with Crippen LogP contribution in [0.4, 0.5) is 4.39 Å². The van der Waals surface area contributed by atoms with Crippen LogP contribution in [0.3, 0.4) is 0 Å². The minimum atomic E-state index is -4.16. The van der Waals surface area contributed by atoms with Crippen molar-refractivity contribution in [3.05, 3.63) is 52.8 Å². The SMILES string of the molecule is C[C@H]1CN([C@@H](C)CO)S(=O)(=O)c2ccc(Br)cc2O[C@H]1CN(C)S(=O)(=O)c1ccccc1F. The number of halogens is 2. The highest BCUT2D eigenvalue weighted by molar-refractivity contribution is 9.10. The van der Waals surface area contributed by atoms with E-state index in [0.29, 0.717) is 4.47 Å². The number of likely N-dealkylation sites (N-methyl/N-ethyl adjacent to an activating group) is 1. The standard InChI is InChI=1S/C21H26BrFN2O6S2/c1-14-11-25(15(2)13-26)33(29,30)21-9-8-16(22)10-18(21)31-19(14)12-24(3)32(27,28)20-7-5-4-6-17(20)23/h4-10,14-15,19,26H,11-13H2,1-3H3/t14-,15-,19-/m0/s1. The third-order valence-electron chi connectivity index (χ3n) is 5.59. The average molecular weight is 565 g/mol. The molecule has 0 aliphatic carbocycles. The number of sulfonamides is 2. The molecule has 8 nitrogen and oxygen atoms in total. The third kappa shape index (κ3) is 5.25. The Labute approximate surface area is 202 Å². The molecule has 1 heterocycles. The van der Waals surface area contributed by atoms with Crippen molar-refractivity contribution in [2.45, 2.75) is 35.8 Å². The number of aliphatic hydroxyl groups is 1. The zero-order valence-electron chi connectivity index (χ0n) is 18.4. The molecule has 0 radical (unpaired) electrons. The highest BCUT2D eigenvalue weighted by atomic mass is 79.9. The number of hydrogen-bond donors (Lipinski definition) is 1. The zero-order chi connectivity index (χ0) is 24.6. The maximum atomic E-state index is 14.2. The Morgan fingerprint density at radius 2 is 1.97 bits per heavy atom. The first-order valence-corrected chi connectivity index (χ1v) is 13.9. The first-order valence-electron chi connectivity index (χ1n) is 10.2. The van der Waals surface area contributed by atoms with E-state index in [-0.39, 0.29) is 30.3 Å². The molecule has 1 aliphatic rings. The lowest BCUT2D eigenvalue weighted by Gasteiger charge is -2.37. The van der Waals surface area contributed by atoms with Gasteiger partial charge in [0.1, 0.15) is 27.5 Å². The molecule has 0 aromatic heterocycles. The van der Waals surface area contributed by atoms with E-state index in [0.717, 1.165) is 10.4 Å². The second-order valence-electron chi connectivity index (χ2n) is 8.05. The van der Waals surface area contributed by atoms with Gasteiger partial charge in [0.15, 0.2) is 0 Å². The van der Waals surface area contributed by atoms with Gasteiger partial charge in [-0.1, -0.05) is 35.0 Å². The van der Waals surface area contributed by atoms with Crippen LogP contribution in [0.15, 0.2) is 56.7 Å². The van der Waals surface area contributed by atoms with Crippen LogP contribution < -0.4 is 4.74 Å². The molecule has 0 unspecified atom stereocenters. The minimum absolute atomic E-state index is 0.00217. The van der Waals surface area contributed by atoms with Gasteiger partial charge in [0, 0.05) is 30.0 Å². The van der Waals surface area contributed by atoms with Crippen LogP contribution in [0.2, 0.25) is 0 Å². The fourth-order valence-electron chi connectivity index (χ4n) is 3.59. The molecular formula is C21H26BrFN2O6S2. The lowest BCUT2D eigenvalue weighted by atomic mass is 10.0. The molecule has 12 heteroatoms. The van der Waals surface area contributed by atoms with Crippen LogP contribution >= 0.6 is 15.9 Å². The Morgan fingerprint density at radius 3 is 2.61 bits per heavy atom. The molecule has 1 N–H and O–H groups in total. The first kappa shape index (κ1) is 26.0. The first-order chi connectivity index (χ1) is 15.4. The Hall–Kier alpha value is -1.57. The molecular weight excluding hydrogens is 539 g/mol. The predicted molar refractivity (Wildman–Crippen MR) is 124 cm³/mol. The summed E-state index contributed by atoms with van der Waals surface area (Å²) in [6, 6.07) is 8.87. The number of nitrogens with zero attached hydrogens (tertiary/aromatic N) is 2. The summed E-state index contributed by atoms with van der Waals surface area (Å²) in [6.07, 6.45) is -0.756. The number of rotatable bonds is 6. The number of ether oxygens (including phenoxy) is 1. The average Bonchev–Trinajstić information content (AvgIpc) is 2.75. The van der Waals surface area contributed by atoms with Crippen LogP contribution in [0.5, 0.6) is 5.75 Å². The minimum Gasteiger partial charge on any atom is -0.487 e. The molecule has 0 spiro atoms. The summed E-state index contributed by atoms with van der Waals surface area (Å²) in [6.45, 7) is 2.80. The molecule has 0 saturated carbocycles. The van der Waals surface area contributed by atoms with Crippen molar-refractivity contribution in [1.29, 1.82) is 0 Å². The second kappa shape index (κ2) is 9.96. The van der Waals surface area contributed by atoms with Gasteiger partial charge < -0.3 is 9.84 Å². The van der Waals surface area contributed by atoms with Crippen LogP contribution in [0, 0.1) is 11.7 Å².